The minimum absolute atomic E-state index is 0.587. The maximum absolute atomic E-state index is 3.63. The minimum Gasteiger partial charge on any atom is -0.316 e. The largest absolute Gasteiger partial charge is 0.316 e. The van der Waals surface area contributed by atoms with E-state index in [-0.39, 0.29) is 0 Å². The van der Waals surface area contributed by atoms with Gasteiger partial charge in [-0.3, -0.25) is 0 Å². The van der Waals surface area contributed by atoms with Crippen LogP contribution in [0.5, 0.6) is 0 Å². The van der Waals surface area contributed by atoms with E-state index in [1.807, 2.05) is 0 Å². The molecular weight excluding hydrogens is 208 g/mol. The van der Waals surface area contributed by atoms with E-state index in [1.165, 1.54) is 71.2 Å². The van der Waals surface area contributed by atoms with E-state index in [4.69, 9.17) is 0 Å². The van der Waals surface area contributed by atoms with Crippen LogP contribution in [0.15, 0.2) is 0 Å². The summed E-state index contributed by atoms with van der Waals surface area (Å²) in [7, 11) is 0. The van der Waals surface area contributed by atoms with E-state index < -0.39 is 0 Å². The van der Waals surface area contributed by atoms with Crippen molar-refractivity contribution in [3.8, 4) is 0 Å². The average Bonchev–Trinajstić information content (AvgIpc) is 2.30. The maximum Gasteiger partial charge on any atom is 0.00503 e. The van der Waals surface area contributed by atoms with Gasteiger partial charge in [-0.15, -0.1) is 0 Å². The first-order valence-electron chi connectivity index (χ1n) is 7.67. The van der Waals surface area contributed by atoms with E-state index >= 15 is 0 Å². The Morgan fingerprint density at radius 2 is 2.24 bits per heavy atom. The molecule has 17 heavy (non-hydrogen) atoms. The standard InChI is InChI=1S/C15H30N2/c1-3-7-15(8-5-9-16-12-15)13-17-10-4-6-14(2)11-17/h14,16H,3-13H2,1-2H3. The lowest BCUT2D eigenvalue weighted by atomic mass is 9.76. The number of nitrogens with one attached hydrogen (secondary N) is 1. The summed E-state index contributed by atoms with van der Waals surface area (Å²) in [6.45, 7) is 11.3. The third-order valence-electron chi connectivity index (χ3n) is 4.64. The molecule has 0 aliphatic carbocycles. The smallest absolute Gasteiger partial charge is 0.00503 e. The molecule has 2 rings (SSSR count). The Hall–Kier alpha value is -0.0800. The summed E-state index contributed by atoms with van der Waals surface area (Å²) < 4.78 is 0. The van der Waals surface area contributed by atoms with Crippen LogP contribution < -0.4 is 5.32 Å². The molecule has 0 saturated carbocycles. The third-order valence-corrected chi connectivity index (χ3v) is 4.64. The first-order chi connectivity index (χ1) is 8.24. The molecule has 2 unspecified atom stereocenters. The Morgan fingerprint density at radius 1 is 1.35 bits per heavy atom. The highest BCUT2D eigenvalue weighted by molar-refractivity contribution is 4.89. The zero-order chi connectivity index (χ0) is 12.1. The van der Waals surface area contributed by atoms with Crippen molar-refractivity contribution in [3.63, 3.8) is 0 Å². The first kappa shape index (κ1) is 13.4. The second kappa shape index (κ2) is 6.19. The van der Waals surface area contributed by atoms with Crippen molar-refractivity contribution in [2.24, 2.45) is 11.3 Å². The van der Waals surface area contributed by atoms with Gasteiger partial charge in [0, 0.05) is 19.6 Å². The van der Waals surface area contributed by atoms with Gasteiger partial charge in [0.15, 0.2) is 0 Å². The van der Waals surface area contributed by atoms with Gasteiger partial charge in [0.05, 0.1) is 0 Å². The van der Waals surface area contributed by atoms with Crippen LogP contribution >= 0.6 is 0 Å². The Labute approximate surface area is 107 Å². The summed E-state index contributed by atoms with van der Waals surface area (Å²) >= 11 is 0. The molecule has 0 aromatic carbocycles. The van der Waals surface area contributed by atoms with E-state index in [2.05, 4.69) is 24.1 Å². The molecule has 2 nitrogen and oxygen atoms in total. The van der Waals surface area contributed by atoms with E-state index in [0.717, 1.165) is 5.92 Å². The van der Waals surface area contributed by atoms with Crippen molar-refractivity contribution in [3.05, 3.63) is 0 Å². The zero-order valence-corrected chi connectivity index (χ0v) is 11.8. The van der Waals surface area contributed by atoms with Crippen LogP contribution in [0.4, 0.5) is 0 Å². The molecule has 0 aromatic rings. The summed E-state index contributed by atoms with van der Waals surface area (Å²) in [5, 5.41) is 3.63. The molecule has 0 radical (unpaired) electrons. The predicted molar refractivity (Wildman–Crippen MR) is 74.3 cm³/mol. The predicted octanol–water partition coefficient (Wildman–Crippen LogP) is 2.89. The average molecular weight is 238 g/mol. The molecule has 0 bridgehead atoms. The first-order valence-corrected chi connectivity index (χ1v) is 7.67. The van der Waals surface area contributed by atoms with Crippen LogP contribution in [0.3, 0.4) is 0 Å². The van der Waals surface area contributed by atoms with Gasteiger partial charge in [0.1, 0.15) is 0 Å². The highest BCUT2D eigenvalue weighted by atomic mass is 15.1. The molecule has 2 heterocycles. The number of likely N-dealkylation sites (tertiary alicyclic amines) is 1. The quantitative estimate of drug-likeness (QED) is 0.810. The number of nitrogens with zero attached hydrogens (tertiary/aromatic N) is 1. The number of hydrogen-bond donors (Lipinski definition) is 1. The van der Waals surface area contributed by atoms with Crippen molar-refractivity contribution < 1.29 is 0 Å². The van der Waals surface area contributed by atoms with Gasteiger partial charge in [0.2, 0.25) is 0 Å². The molecule has 2 fully saturated rings. The summed E-state index contributed by atoms with van der Waals surface area (Å²) in [6.07, 6.45) is 8.42. The molecule has 0 spiro atoms. The van der Waals surface area contributed by atoms with Gasteiger partial charge in [-0.25, -0.2) is 0 Å². The van der Waals surface area contributed by atoms with Crippen molar-refractivity contribution >= 4 is 0 Å². The Balaban J connectivity index is 1.91. The normalized spacial score (nSPS) is 36.0. The minimum atomic E-state index is 0.587. The molecule has 2 heteroatoms. The van der Waals surface area contributed by atoms with Crippen LogP contribution in [-0.2, 0) is 0 Å². The van der Waals surface area contributed by atoms with E-state index in [1.54, 1.807) is 0 Å². The van der Waals surface area contributed by atoms with Crippen molar-refractivity contribution in [2.75, 3.05) is 32.7 Å². The Morgan fingerprint density at radius 3 is 2.88 bits per heavy atom. The van der Waals surface area contributed by atoms with Crippen molar-refractivity contribution in [2.45, 2.75) is 52.4 Å². The fraction of sp³-hybridized carbons (Fsp3) is 1.00. The molecule has 1 N–H and O–H groups in total. The zero-order valence-electron chi connectivity index (χ0n) is 11.8. The van der Waals surface area contributed by atoms with Gasteiger partial charge in [0.25, 0.3) is 0 Å². The molecule has 2 saturated heterocycles. The van der Waals surface area contributed by atoms with Crippen LogP contribution in [0.25, 0.3) is 0 Å². The van der Waals surface area contributed by atoms with Crippen LogP contribution in [-0.4, -0.2) is 37.6 Å². The lowest BCUT2D eigenvalue weighted by Gasteiger charge is -2.43. The molecule has 0 aromatic heterocycles. The van der Waals surface area contributed by atoms with Gasteiger partial charge in [-0.1, -0.05) is 20.3 Å². The number of piperidine rings is 2. The second-order valence-corrected chi connectivity index (χ2v) is 6.51. The second-order valence-electron chi connectivity index (χ2n) is 6.51. The van der Waals surface area contributed by atoms with Gasteiger partial charge < -0.3 is 10.2 Å². The van der Waals surface area contributed by atoms with Crippen LogP contribution in [0.2, 0.25) is 0 Å². The summed E-state index contributed by atoms with van der Waals surface area (Å²) in [4.78, 5) is 2.75. The van der Waals surface area contributed by atoms with Gasteiger partial charge >= 0.3 is 0 Å². The van der Waals surface area contributed by atoms with E-state index in [0.29, 0.717) is 5.41 Å². The van der Waals surface area contributed by atoms with Gasteiger partial charge in [-0.2, -0.15) is 0 Å². The maximum atomic E-state index is 3.63. The highest BCUT2D eigenvalue weighted by Gasteiger charge is 2.33. The Kier molecular flexibility index (Phi) is 4.87. The topological polar surface area (TPSA) is 15.3 Å². The van der Waals surface area contributed by atoms with Gasteiger partial charge in [-0.05, 0) is 56.5 Å². The Bertz CT molecular complexity index is 215. The molecule has 0 amide bonds. The third kappa shape index (κ3) is 3.69. The summed E-state index contributed by atoms with van der Waals surface area (Å²) in [5.41, 5.74) is 0.587. The van der Waals surface area contributed by atoms with Crippen LogP contribution in [0.1, 0.15) is 52.4 Å². The molecule has 100 valence electrons. The lowest BCUT2D eigenvalue weighted by Crippen LogP contribution is -2.49. The van der Waals surface area contributed by atoms with Crippen molar-refractivity contribution in [1.82, 2.24) is 10.2 Å². The fourth-order valence-corrected chi connectivity index (χ4v) is 3.89. The summed E-state index contributed by atoms with van der Waals surface area (Å²) in [5.74, 6) is 0.916. The van der Waals surface area contributed by atoms with E-state index in [9.17, 15) is 0 Å². The summed E-state index contributed by atoms with van der Waals surface area (Å²) in [6, 6.07) is 0. The highest BCUT2D eigenvalue weighted by Crippen LogP contribution is 2.33. The molecule has 2 aliphatic rings. The SMILES string of the molecule is CCCC1(CN2CCCC(C)C2)CCCNC1. The molecule has 2 aliphatic heterocycles. The monoisotopic (exact) mass is 238 g/mol. The lowest BCUT2D eigenvalue weighted by molar-refractivity contribution is 0.0785. The fourth-order valence-electron chi connectivity index (χ4n) is 3.89. The van der Waals surface area contributed by atoms with Crippen LogP contribution in [0, 0.1) is 11.3 Å². The molecule has 2 atom stereocenters. The molecular formula is C15H30N2. The number of rotatable bonds is 4. The van der Waals surface area contributed by atoms with Crippen molar-refractivity contribution in [1.29, 1.82) is 0 Å². The number of hydrogen-bond acceptors (Lipinski definition) is 2.